The highest BCUT2D eigenvalue weighted by Crippen LogP contribution is 2.30. The molecule has 0 N–H and O–H groups in total. The summed E-state index contributed by atoms with van der Waals surface area (Å²) in [5.74, 6) is 2.02. The van der Waals surface area contributed by atoms with Crippen molar-refractivity contribution in [2.24, 2.45) is 0 Å². The van der Waals surface area contributed by atoms with Crippen LogP contribution in [0.25, 0.3) is 0 Å². The van der Waals surface area contributed by atoms with Gasteiger partial charge in [0.25, 0.3) is 0 Å². The number of ether oxygens (including phenoxy) is 1. The van der Waals surface area contributed by atoms with E-state index in [1.54, 1.807) is 0 Å². The maximum atomic E-state index is 6.38. The van der Waals surface area contributed by atoms with Gasteiger partial charge in [-0.1, -0.05) is 0 Å². The van der Waals surface area contributed by atoms with Gasteiger partial charge >= 0.3 is 0 Å². The summed E-state index contributed by atoms with van der Waals surface area (Å²) in [6.45, 7) is 6.89. The Morgan fingerprint density at radius 3 is 2.79 bits per heavy atom. The average Bonchev–Trinajstić information content (AvgIpc) is 3.32. The van der Waals surface area contributed by atoms with Gasteiger partial charge in [0, 0.05) is 45.0 Å². The number of hydrogen-bond donors (Lipinski definition) is 0. The number of anilines is 1. The number of likely N-dealkylation sites (N-methyl/N-ethyl adjacent to an activating group) is 1. The molecule has 1 aromatic heterocycles. The van der Waals surface area contributed by atoms with Crippen molar-refractivity contribution < 1.29 is 4.74 Å². The van der Waals surface area contributed by atoms with Crippen molar-refractivity contribution in [3.8, 4) is 5.75 Å². The van der Waals surface area contributed by atoms with Crippen LogP contribution in [0.5, 0.6) is 5.75 Å². The molecule has 24 heavy (non-hydrogen) atoms. The van der Waals surface area contributed by atoms with E-state index in [1.807, 2.05) is 12.3 Å². The van der Waals surface area contributed by atoms with Gasteiger partial charge in [0.05, 0.1) is 0 Å². The molecule has 5 heteroatoms. The van der Waals surface area contributed by atoms with Gasteiger partial charge in [-0.25, -0.2) is 4.98 Å². The van der Waals surface area contributed by atoms with Gasteiger partial charge in [0.2, 0.25) is 0 Å². The summed E-state index contributed by atoms with van der Waals surface area (Å²) in [4.78, 5) is 12.1. The number of likely N-dealkylation sites (tertiary alicyclic amines) is 2. The molecule has 0 bridgehead atoms. The Balaban J connectivity index is 1.35. The fourth-order valence-corrected chi connectivity index (χ4v) is 4.39. The van der Waals surface area contributed by atoms with Gasteiger partial charge in [0.15, 0.2) is 11.6 Å². The molecule has 132 valence electrons. The lowest BCUT2D eigenvalue weighted by atomic mass is 10.2. The van der Waals surface area contributed by atoms with Gasteiger partial charge in [0.1, 0.15) is 6.10 Å². The van der Waals surface area contributed by atoms with Gasteiger partial charge in [-0.2, -0.15) is 0 Å². The molecule has 0 spiro atoms. The second-order valence-corrected chi connectivity index (χ2v) is 7.58. The molecule has 3 aliphatic heterocycles. The van der Waals surface area contributed by atoms with E-state index in [4.69, 9.17) is 4.74 Å². The lowest BCUT2D eigenvalue weighted by Crippen LogP contribution is -2.38. The Labute approximate surface area is 145 Å². The summed E-state index contributed by atoms with van der Waals surface area (Å²) in [5.41, 5.74) is 0. The highest BCUT2D eigenvalue weighted by molar-refractivity contribution is 5.52. The molecule has 3 aliphatic rings. The zero-order valence-corrected chi connectivity index (χ0v) is 14.9. The van der Waals surface area contributed by atoms with Crippen LogP contribution >= 0.6 is 0 Å². The van der Waals surface area contributed by atoms with Gasteiger partial charge < -0.3 is 14.5 Å². The van der Waals surface area contributed by atoms with Crippen molar-refractivity contribution in [2.45, 2.75) is 44.2 Å². The molecule has 0 radical (unpaired) electrons. The van der Waals surface area contributed by atoms with Crippen LogP contribution in [-0.2, 0) is 0 Å². The van der Waals surface area contributed by atoms with E-state index in [2.05, 4.69) is 32.8 Å². The Bertz CT molecular complexity index is 546. The van der Waals surface area contributed by atoms with Crippen molar-refractivity contribution in [1.82, 2.24) is 14.8 Å². The first-order valence-corrected chi connectivity index (χ1v) is 9.59. The van der Waals surface area contributed by atoms with E-state index >= 15 is 0 Å². The van der Waals surface area contributed by atoms with Gasteiger partial charge in [-0.15, -0.1) is 0 Å². The standard InChI is InChI=1S/C19H30N4O/c1-21-10-5-6-16(21)14-22-13-8-17(15-22)24-18-7-4-9-20-19(18)23-11-2-3-12-23/h4,7,9,16-17H,2-3,5-6,8,10-15H2,1H3/t16-,17+/m0/s1. The minimum atomic E-state index is 0.308. The molecule has 0 unspecified atom stereocenters. The summed E-state index contributed by atoms with van der Waals surface area (Å²) in [6, 6.07) is 4.82. The molecule has 1 aromatic rings. The third-order valence-electron chi connectivity index (χ3n) is 5.82. The number of hydrogen-bond acceptors (Lipinski definition) is 5. The molecule has 3 saturated heterocycles. The average molecular weight is 330 g/mol. The predicted octanol–water partition coefficient (Wildman–Crippen LogP) is 2.23. The van der Waals surface area contributed by atoms with Crippen molar-refractivity contribution in [3.05, 3.63) is 18.3 Å². The smallest absolute Gasteiger partial charge is 0.171 e. The molecule has 0 aliphatic carbocycles. The predicted molar refractivity (Wildman–Crippen MR) is 96.8 cm³/mol. The summed E-state index contributed by atoms with van der Waals surface area (Å²) in [7, 11) is 2.26. The molecule has 4 heterocycles. The third kappa shape index (κ3) is 3.52. The van der Waals surface area contributed by atoms with Crippen LogP contribution in [0.4, 0.5) is 5.82 Å². The Kier molecular flexibility index (Phi) is 4.90. The number of aromatic nitrogens is 1. The van der Waals surface area contributed by atoms with Crippen LogP contribution < -0.4 is 9.64 Å². The molecule has 0 aromatic carbocycles. The number of pyridine rings is 1. The number of nitrogens with zero attached hydrogens (tertiary/aromatic N) is 4. The summed E-state index contributed by atoms with van der Waals surface area (Å²) >= 11 is 0. The van der Waals surface area contributed by atoms with E-state index in [1.165, 1.54) is 38.8 Å². The van der Waals surface area contributed by atoms with Crippen LogP contribution in [-0.4, -0.2) is 73.2 Å². The first-order chi connectivity index (χ1) is 11.8. The first-order valence-electron chi connectivity index (χ1n) is 9.59. The van der Waals surface area contributed by atoms with Crippen molar-refractivity contribution in [1.29, 1.82) is 0 Å². The molecule has 3 fully saturated rings. The van der Waals surface area contributed by atoms with Gasteiger partial charge in [-0.3, -0.25) is 4.90 Å². The number of rotatable bonds is 5. The van der Waals surface area contributed by atoms with E-state index in [0.717, 1.165) is 50.2 Å². The second-order valence-electron chi connectivity index (χ2n) is 7.58. The second kappa shape index (κ2) is 7.28. The quantitative estimate of drug-likeness (QED) is 0.826. The SMILES string of the molecule is CN1CCC[C@H]1CN1CC[C@@H](Oc2cccnc2N2CCCC2)C1. The Morgan fingerprint density at radius 1 is 1.12 bits per heavy atom. The monoisotopic (exact) mass is 330 g/mol. The van der Waals surface area contributed by atoms with E-state index in [9.17, 15) is 0 Å². The molecule has 4 rings (SSSR count). The van der Waals surface area contributed by atoms with Crippen LogP contribution in [0.15, 0.2) is 18.3 Å². The van der Waals surface area contributed by atoms with Crippen LogP contribution in [0.3, 0.4) is 0 Å². The third-order valence-corrected chi connectivity index (χ3v) is 5.82. The fourth-order valence-electron chi connectivity index (χ4n) is 4.39. The topological polar surface area (TPSA) is 31.8 Å². The summed E-state index contributed by atoms with van der Waals surface area (Å²) in [5, 5.41) is 0. The Morgan fingerprint density at radius 2 is 2.00 bits per heavy atom. The minimum absolute atomic E-state index is 0.308. The molecule has 0 saturated carbocycles. The van der Waals surface area contributed by atoms with E-state index < -0.39 is 0 Å². The molecular formula is C19H30N4O. The molecule has 5 nitrogen and oxygen atoms in total. The Hall–Kier alpha value is -1.33. The van der Waals surface area contributed by atoms with E-state index in [-0.39, 0.29) is 0 Å². The fraction of sp³-hybridized carbons (Fsp3) is 0.737. The summed E-state index contributed by atoms with van der Waals surface area (Å²) < 4.78 is 6.38. The normalized spacial score (nSPS) is 28.8. The summed E-state index contributed by atoms with van der Waals surface area (Å²) in [6.07, 6.45) is 8.55. The molecule has 0 amide bonds. The van der Waals surface area contributed by atoms with Crippen LogP contribution in [0.2, 0.25) is 0 Å². The highest BCUT2D eigenvalue weighted by atomic mass is 16.5. The zero-order chi connectivity index (χ0) is 16.4. The minimum Gasteiger partial charge on any atom is -0.485 e. The van der Waals surface area contributed by atoms with E-state index in [0.29, 0.717) is 6.10 Å². The molecular weight excluding hydrogens is 300 g/mol. The van der Waals surface area contributed by atoms with Crippen LogP contribution in [0, 0.1) is 0 Å². The van der Waals surface area contributed by atoms with Crippen LogP contribution in [0.1, 0.15) is 32.1 Å². The maximum Gasteiger partial charge on any atom is 0.171 e. The van der Waals surface area contributed by atoms with Crippen molar-refractivity contribution >= 4 is 5.82 Å². The zero-order valence-electron chi connectivity index (χ0n) is 14.9. The largest absolute Gasteiger partial charge is 0.485 e. The lowest BCUT2D eigenvalue weighted by Gasteiger charge is -2.26. The highest BCUT2D eigenvalue weighted by Gasteiger charge is 2.30. The maximum absolute atomic E-state index is 6.38. The molecule has 2 atom stereocenters. The van der Waals surface area contributed by atoms with Crippen molar-refractivity contribution in [3.63, 3.8) is 0 Å². The van der Waals surface area contributed by atoms with Gasteiger partial charge in [-0.05, 0) is 57.8 Å². The first kappa shape index (κ1) is 16.2. The lowest BCUT2D eigenvalue weighted by molar-refractivity contribution is 0.179. The van der Waals surface area contributed by atoms with Crippen molar-refractivity contribution in [2.75, 3.05) is 51.2 Å².